The zero-order valence-electron chi connectivity index (χ0n) is 12.0. The SMILES string of the molecule is COc1ccc(N2C(=O)C[C@@H]([NH+]3CCOCC3)C2=O)cc1. The molecule has 6 heteroatoms. The van der Waals surface area contributed by atoms with Crippen LogP contribution in [0.15, 0.2) is 24.3 Å². The van der Waals surface area contributed by atoms with Crippen molar-refractivity contribution in [1.82, 2.24) is 0 Å². The minimum Gasteiger partial charge on any atom is -0.497 e. The van der Waals surface area contributed by atoms with Crippen LogP contribution in [0.25, 0.3) is 0 Å². The molecule has 2 aliphatic rings. The van der Waals surface area contributed by atoms with Crippen molar-refractivity contribution >= 4 is 17.5 Å². The van der Waals surface area contributed by atoms with E-state index in [-0.39, 0.29) is 24.3 Å². The molecule has 2 amide bonds. The Kier molecular flexibility index (Phi) is 3.90. The number of ether oxygens (including phenoxy) is 2. The van der Waals surface area contributed by atoms with E-state index in [1.54, 1.807) is 31.4 Å². The summed E-state index contributed by atoms with van der Waals surface area (Å²) in [4.78, 5) is 27.3. The maximum absolute atomic E-state index is 12.6. The van der Waals surface area contributed by atoms with Gasteiger partial charge in [0.1, 0.15) is 18.8 Å². The van der Waals surface area contributed by atoms with Crippen LogP contribution in [0.5, 0.6) is 5.75 Å². The monoisotopic (exact) mass is 291 g/mol. The van der Waals surface area contributed by atoms with E-state index in [0.29, 0.717) is 24.7 Å². The van der Waals surface area contributed by atoms with Gasteiger partial charge in [-0.3, -0.25) is 9.59 Å². The van der Waals surface area contributed by atoms with Crippen molar-refractivity contribution in [2.45, 2.75) is 12.5 Å². The molecule has 2 fully saturated rings. The fourth-order valence-electron chi connectivity index (χ4n) is 2.94. The molecule has 1 aromatic carbocycles. The first-order chi connectivity index (χ1) is 10.2. The Morgan fingerprint density at radius 1 is 1.19 bits per heavy atom. The summed E-state index contributed by atoms with van der Waals surface area (Å²) in [7, 11) is 1.58. The molecule has 0 saturated carbocycles. The topological polar surface area (TPSA) is 60.3 Å². The highest BCUT2D eigenvalue weighted by molar-refractivity contribution is 6.21. The van der Waals surface area contributed by atoms with Crippen LogP contribution in [0.2, 0.25) is 0 Å². The second-order valence-electron chi connectivity index (χ2n) is 5.29. The van der Waals surface area contributed by atoms with E-state index in [2.05, 4.69) is 0 Å². The molecule has 0 spiro atoms. The number of benzene rings is 1. The first-order valence-corrected chi connectivity index (χ1v) is 7.14. The first-order valence-electron chi connectivity index (χ1n) is 7.14. The molecule has 1 atom stereocenters. The predicted octanol–water partition coefficient (Wildman–Crippen LogP) is -0.758. The predicted molar refractivity (Wildman–Crippen MR) is 75.4 cm³/mol. The third kappa shape index (κ3) is 2.64. The minimum atomic E-state index is -0.275. The third-order valence-corrected chi connectivity index (χ3v) is 4.11. The van der Waals surface area contributed by atoms with E-state index >= 15 is 0 Å². The standard InChI is InChI=1S/C15H18N2O4/c1-20-12-4-2-11(3-5-12)17-14(18)10-13(15(17)19)16-6-8-21-9-7-16/h2-5,13H,6-10H2,1H3/p+1/t13-/m1/s1. The zero-order chi connectivity index (χ0) is 14.8. The molecular weight excluding hydrogens is 272 g/mol. The molecule has 1 N–H and O–H groups in total. The molecule has 21 heavy (non-hydrogen) atoms. The van der Waals surface area contributed by atoms with Crippen LogP contribution in [0.4, 0.5) is 5.69 Å². The third-order valence-electron chi connectivity index (χ3n) is 4.11. The number of rotatable bonds is 3. The molecule has 0 unspecified atom stereocenters. The van der Waals surface area contributed by atoms with Crippen molar-refractivity contribution in [3.63, 3.8) is 0 Å². The normalized spacial score (nSPS) is 23.7. The van der Waals surface area contributed by atoms with Gasteiger partial charge in [-0.2, -0.15) is 0 Å². The van der Waals surface area contributed by atoms with Crippen LogP contribution in [0.1, 0.15) is 6.42 Å². The summed E-state index contributed by atoms with van der Waals surface area (Å²) in [5.74, 6) is 0.462. The summed E-state index contributed by atoms with van der Waals surface area (Å²) in [6, 6.07) is 6.72. The molecule has 2 saturated heterocycles. The fourth-order valence-corrected chi connectivity index (χ4v) is 2.94. The van der Waals surface area contributed by atoms with E-state index in [1.807, 2.05) is 0 Å². The minimum absolute atomic E-state index is 0.109. The van der Waals surface area contributed by atoms with Gasteiger partial charge in [0.2, 0.25) is 5.91 Å². The van der Waals surface area contributed by atoms with E-state index < -0.39 is 0 Å². The number of anilines is 1. The zero-order valence-corrected chi connectivity index (χ0v) is 12.0. The lowest BCUT2D eigenvalue weighted by Gasteiger charge is -2.27. The Bertz CT molecular complexity index is 537. The van der Waals surface area contributed by atoms with Gasteiger partial charge in [-0.05, 0) is 24.3 Å². The number of amides is 2. The average Bonchev–Trinajstić information content (AvgIpc) is 2.83. The van der Waals surface area contributed by atoms with Crippen molar-refractivity contribution in [2.75, 3.05) is 38.3 Å². The maximum atomic E-state index is 12.6. The fraction of sp³-hybridized carbons (Fsp3) is 0.467. The maximum Gasteiger partial charge on any atom is 0.292 e. The molecular formula is C15H19N2O4+. The molecule has 6 nitrogen and oxygen atoms in total. The van der Waals surface area contributed by atoms with Gasteiger partial charge in [0.05, 0.1) is 32.4 Å². The smallest absolute Gasteiger partial charge is 0.292 e. The molecule has 1 aromatic rings. The number of imide groups is 1. The Balaban J connectivity index is 1.79. The van der Waals surface area contributed by atoms with Crippen molar-refractivity contribution in [1.29, 1.82) is 0 Å². The largest absolute Gasteiger partial charge is 0.497 e. The second-order valence-corrected chi connectivity index (χ2v) is 5.29. The summed E-state index contributed by atoms with van der Waals surface area (Å²) in [5.41, 5.74) is 0.612. The number of quaternary nitrogens is 1. The number of carbonyl (C=O) groups is 2. The van der Waals surface area contributed by atoms with Crippen molar-refractivity contribution in [3.05, 3.63) is 24.3 Å². The Hall–Kier alpha value is -1.92. The van der Waals surface area contributed by atoms with Gasteiger partial charge < -0.3 is 14.4 Å². The highest BCUT2D eigenvalue weighted by atomic mass is 16.5. The van der Waals surface area contributed by atoms with E-state index in [9.17, 15) is 9.59 Å². The van der Waals surface area contributed by atoms with Crippen LogP contribution >= 0.6 is 0 Å². The summed E-state index contributed by atoms with van der Waals surface area (Å²) in [6.45, 7) is 2.85. The summed E-state index contributed by atoms with van der Waals surface area (Å²) >= 11 is 0. The highest BCUT2D eigenvalue weighted by Gasteiger charge is 2.45. The second kappa shape index (κ2) is 5.83. The number of carbonyl (C=O) groups excluding carboxylic acids is 2. The molecule has 2 heterocycles. The molecule has 0 bridgehead atoms. The van der Waals surface area contributed by atoms with Crippen LogP contribution in [0, 0.1) is 0 Å². The van der Waals surface area contributed by atoms with Crippen molar-refractivity contribution < 1.29 is 24.0 Å². The number of hydrogen-bond acceptors (Lipinski definition) is 4. The van der Waals surface area contributed by atoms with Crippen molar-refractivity contribution in [2.24, 2.45) is 0 Å². The molecule has 3 rings (SSSR count). The number of nitrogens with one attached hydrogen (secondary N) is 1. The van der Waals surface area contributed by atoms with Crippen LogP contribution < -0.4 is 14.5 Å². The lowest BCUT2D eigenvalue weighted by molar-refractivity contribution is -0.922. The van der Waals surface area contributed by atoms with Gasteiger partial charge in [0.25, 0.3) is 5.91 Å². The summed E-state index contributed by atoms with van der Waals surface area (Å²) in [6.07, 6.45) is 0.278. The van der Waals surface area contributed by atoms with E-state index in [4.69, 9.17) is 9.47 Å². The van der Waals surface area contributed by atoms with Crippen molar-refractivity contribution in [3.8, 4) is 5.75 Å². The molecule has 2 aliphatic heterocycles. The summed E-state index contributed by atoms with van der Waals surface area (Å²) in [5, 5.41) is 0. The van der Waals surface area contributed by atoms with E-state index in [1.165, 1.54) is 4.90 Å². The average molecular weight is 291 g/mol. The van der Waals surface area contributed by atoms with Crippen LogP contribution in [0.3, 0.4) is 0 Å². The van der Waals surface area contributed by atoms with Gasteiger partial charge in [0, 0.05) is 0 Å². The quantitative estimate of drug-likeness (QED) is 0.744. The molecule has 0 aliphatic carbocycles. The molecule has 0 aromatic heterocycles. The van der Waals surface area contributed by atoms with Gasteiger partial charge in [-0.1, -0.05) is 0 Å². The van der Waals surface area contributed by atoms with Gasteiger partial charge in [-0.25, -0.2) is 4.90 Å². The Morgan fingerprint density at radius 2 is 1.86 bits per heavy atom. The summed E-state index contributed by atoms with van der Waals surface area (Å²) < 4.78 is 10.4. The lowest BCUT2D eigenvalue weighted by Crippen LogP contribution is -3.18. The molecule has 112 valence electrons. The van der Waals surface area contributed by atoms with Gasteiger partial charge >= 0.3 is 0 Å². The Morgan fingerprint density at radius 3 is 2.48 bits per heavy atom. The van der Waals surface area contributed by atoms with Crippen LogP contribution in [-0.4, -0.2) is 51.3 Å². The van der Waals surface area contributed by atoms with Gasteiger partial charge in [-0.15, -0.1) is 0 Å². The van der Waals surface area contributed by atoms with E-state index in [0.717, 1.165) is 18.0 Å². The number of morpholine rings is 1. The van der Waals surface area contributed by atoms with Crippen LogP contribution in [-0.2, 0) is 14.3 Å². The lowest BCUT2D eigenvalue weighted by atomic mass is 10.2. The number of nitrogens with zero attached hydrogens (tertiary/aromatic N) is 1. The highest BCUT2D eigenvalue weighted by Crippen LogP contribution is 2.24. The first kappa shape index (κ1) is 14.0. The number of hydrogen-bond donors (Lipinski definition) is 1. The molecule has 0 radical (unpaired) electrons. The number of methoxy groups -OCH3 is 1. The van der Waals surface area contributed by atoms with Gasteiger partial charge in [0.15, 0.2) is 6.04 Å². The Labute approximate surface area is 123 Å².